The summed E-state index contributed by atoms with van der Waals surface area (Å²) in [6.45, 7) is 12.6. The van der Waals surface area contributed by atoms with Crippen molar-refractivity contribution in [3.05, 3.63) is 12.2 Å². The van der Waals surface area contributed by atoms with Crippen LogP contribution in [0.3, 0.4) is 0 Å². The van der Waals surface area contributed by atoms with Crippen molar-refractivity contribution < 1.29 is 4.74 Å². The highest BCUT2D eigenvalue weighted by atomic mass is 16.5. The number of nitrogens with one attached hydrogen (secondary N) is 1. The van der Waals surface area contributed by atoms with E-state index in [1.54, 1.807) is 0 Å². The molecule has 2 heteroatoms. The van der Waals surface area contributed by atoms with Crippen molar-refractivity contribution in [3.63, 3.8) is 0 Å². The monoisotopic (exact) mass is 171 g/mol. The molecule has 0 atom stereocenters. The van der Waals surface area contributed by atoms with Gasteiger partial charge in [-0.1, -0.05) is 26.0 Å². The Morgan fingerprint density at radius 3 is 2.67 bits per heavy atom. The molecule has 12 heavy (non-hydrogen) atoms. The molecule has 0 saturated heterocycles. The Morgan fingerprint density at radius 2 is 2.17 bits per heavy atom. The van der Waals surface area contributed by atoms with Gasteiger partial charge in [-0.2, -0.15) is 0 Å². The molecule has 0 amide bonds. The van der Waals surface area contributed by atoms with Gasteiger partial charge in [-0.15, -0.1) is 0 Å². The predicted molar refractivity (Wildman–Crippen MR) is 53.4 cm³/mol. The molecule has 0 aromatic rings. The van der Waals surface area contributed by atoms with Gasteiger partial charge in [0.1, 0.15) is 0 Å². The third-order valence-corrected chi connectivity index (χ3v) is 1.37. The molecule has 0 unspecified atom stereocenters. The van der Waals surface area contributed by atoms with E-state index in [1.807, 2.05) is 6.92 Å². The van der Waals surface area contributed by atoms with E-state index in [0.29, 0.717) is 12.6 Å². The van der Waals surface area contributed by atoms with Crippen LogP contribution in [0.1, 0.15) is 27.2 Å². The Bertz CT molecular complexity index is 121. The van der Waals surface area contributed by atoms with Gasteiger partial charge in [0.25, 0.3) is 0 Å². The minimum atomic E-state index is 0.575. The second-order valence-electron chi connectivity index (χ2n) is 3.47. The van der Waals surface area contributed by atoms with Crippen LogP contribution < -0.4 is 5.32 Å². The lowest BCUT2D eigenvalue weighted by molar-refractivity contribution is 0.153. The van der Waals surface area contributed by atoms with Gasteiger partial charge in [0.05, 0.1) is 6.61 Å². The van der Waals surface area contributed by atoms with Gasteiger partial charge in [-0.05, 0) is 19.9 Å². The summed E-state index contributed by atoms with van der Waals surface area (Å²) in [5, 5.41) is 3.33. The van der Waals surface area contributed by atoms with E-state index in [4.69, 9.17) is 4.74 Å². The van der Waals surface area contributed by atoms with Crippen LogP contribution in [0.25, 0.3) is 0 Å². The van der Waals surface area contributed by atoms with Gasteiger partial charge in [0, 0.05) is 12.6 Å². The van der Waals surface area contributed by atoms with Crippen LogP contribution in [-0.4, -0.2) is 25.8 Å². The van der Waals surface area contributed by atoms with Crippen LogP contribution in [0.5, 0.6) is 0 Å². The lowest BCUT2D eigenvalue weighted by atomic mass is 10.3. The topological polar surface area (TPSA) is 21.3 Å². The molecule has 0 spiro atoms. The standard InChI is InChI=1S/C10H21NO/c1-9(2)8-12-7-5-6-11-10(3)4/h10-11H,1,5-8H2,2-4H3. The smallest absolute Gasteiger partial charge is 0.0671 e. The van der Waals surface area contributed by atoms with E-state index in [-0.39, 0.29) is 0 Å². The number of hydrogen-bond acceptors (Lipinski definition) is 2. The second kappa shape index (κ2) is 7.32. The van der Waals surface area contributed by atoms with Gasteiger partial charge in [0.15, 0.2) is 0 Å². The Balaban J connectivity index is 2.96. The summed E-state index contributed by atoms with van der Waals surface area (Å²) in [5.41, 5.74) is 1.09. The average molecular weight is 171 g/mol. The molecule has 0 aliphatic carbocycles. The lowest BCUT2D eigenvalue weighted by Gasteiger charge is -2.07. The normalized spacial score (nSPS) is 10.7. The Kier molecular flexibility index (Phi) is 7.11. The first-order valence-corrected chi connectivity index (χ1v) is 4.58. The Hall–Kier alpha value is -0.340. The molecule has 0 aromatic heterocycles. The zero-order valence-corrected chi connectivity index (χ0v) is 8.52. The molecule has 0 aliphatic heterocycles. The van der Waals surface area contributed by atoms with Crippen molar-refractivity contribution in [2.75, 3.05) is 19.8 Å². The molecule has 0 aliphatic rings. The van der Waals surface area contributed by atoms with Gasteiger partial charge >= 0.3 is 0 Å². The maximum atomic E-state index is 5.34. The maximum absolute atomic E-state index is 5.34. The fraction of sp³-hybridized carbons (Fsp3) is 0.800. The van der Waals surface area contributed by atoms with E-state index < -0.39 is 0 Å². The van der Waals surface area contributed by atoms with Crippen LogP contribution >= 0.6 is 0 Å². The van der Waals surface area contributed by atoms with Crippen molar-refractivity contribution >= 4 is 0 Å². The summed E-state index contributed by atoms with van der Waals surface area (Å²) >= 11 is 0. The molecule has 0 aromatic carbocycles. The van der Waals surface area contributed by atoms with Gasteiger partial charge in [-0.25, -0.2) is 0 Å². The van der Waals surface area contributed by atoms with Crippen molar-refractivity contribution in [1.29, 1.82) is 0 Å². The van der Waals surface area contributed by atoms with Gasteiger partial charge in [0.2, 0.25) is 0 Å². The fourth-order valence-electron chi connectivity index (χ4n) is 0.811. The highest BCUT2D eigenvalue weighted by Crippen LogP contribution is 1.89. The molecule has 72 valence electrons. The SMILES string of the molecule is C=C(C)COCCCNC(C)C. The first kappa shape index (κ1) is 11.7. The van der Waals surface area contributed by atoms with E-state index in [2.05, 4.69) is 25.7 Å². The lowest BCUT2D eigenvalue weighted by Crippen LogP contribution is -2.24. The highest BCUT2D eigenvalue weighted by Gasteiger charge is 1.92. The van der Waals surface area contributed by atoms with Crippen molar-refractivity contribution in [1.82, 2.24) is 5.32 Å². The zero-order valence-electron chi connectivity index (χ0n) is 8.52. The summed E-state index contributed by atoms with van der Waals surface area (Å²) < 4.78 is 5.34. The van der Waals surface area contributed by atoms with E-state index in [1.165, 1.54) is 0 Å². The molecule has 0 bridgehead atoms. The quantitative estimate of drug-likeness (QED) is 0.467. The first-order chi connectivity index (χ1) is 5.63. The van der Waals surface area contributed by atoms with Crippen LogP contribution in [0.2, 0.25) is 0 Å². The third kappa shape index (κ3) is 9.66. The molecular formula is C10H21NO. The van der Waals surface area contributed by atoms with Crippen LogP contribution in [0.4, 0.5) is 0 Å². The van der Waals surface area contributed by atoms with E-state index >= 15 is 0 Å². The number of rotatable bonds is 7. The summed E-state index contributed by atoms with van der Waals surface area (Å²) in [7, 11) is 0. The van der Waals surface area contributed by atoms with Crippen LogP contribution in [-0.2, 0) is 4.74 Å². The minimum absolute atomic E-state index is 0.575. The molecule has 0 heterocycles. The number of ether oxygens (including phenoxy) is 1. The highest BCUT2D eigenvalue weighted by molar-refractivity contribution is 4.87. The molecule has 0 saturated carbocycles. The molecule has 0 fully saturated rings. The summed E-state index contributed by atoms with van der Waals surface area (Å²) in [6.07, 6.45) is 1.07. The Labute approximate surface area is 76.0 Å². The number of hydrogen-bond donors (Lipinski definition) is 1. The molecule has 2 nitrogen and oxygen atoms in total. The molecule has 1 N–H and O–H groups in total. The summed E-state index contributed by atoms with van der Waals surface area (Å²) in [5.74, 6) is 0. The fourth-order valence-corrected chi connectivity index (χ4v) is 0.811. The van der Waals surface area contributed by atoms with Crippen LogP contribution in [0, 0.1) is 0 Å². The van der Waals surface area contributed by atoms with E-state index in [9.17, 15) is 0 Å². The van der Waals surface area contributed by atoms with Crippen molar-refractivity contribution in [2.24, 2.45) is 0 Å². The first-order valence-electron chi connectivity index (χ1n) is 4.58. The second-order valence-corrected chi connectivity index (χ2v) is 3.47. The van der Waals surface area contributed by atoms with Gasteiger partial charge in [-0.3, -0.25) is 0 Å². The van der Waals surface area contributed by atoms with Crippen LogP contribution in [0.15, 0.2) is 12.2 Å². The van der Waals surface area contributed by atoms with E-state index in [0.717, 1.165) is 25.1 Å². The Morgan fingerprint density at radius 1 is 1.50 bits per heavy atom. The molecule has 0 radical (unpaired) electrons. The molecule has 0 rings (SSSR count). The van der Waals surface area contributed by atoms with Crippen molar-refractivity contribution in [3.8, 4) is 0 Å². The largest absolute Gasteiger partial charge is 0.377 e. The summed E-state index contributed by atoms with van der Waals surface area (Å²) in [4.78, 5) is 0. The predicted octanol–water partition coefficient (Wildman–Crippen LogP) is 1.97. The minimum Gasteiger partial charge on any atom is -0.377 e. The van der Waals surface area contributed by atoms with Crippen molar-refractivity contribution in [2.45, 2.75) is 33.2 Å². The molecular weight excluding hydrogens is 150 g/mol. The zero-order chi connectivity index (χ0) is 9.40. The van der Waals surface area contributed by atoms with Gasteiger partial charge < -0.3 is 10.1 Å². The third-order valence-electron chi connectivity index (χ3n) is 1.37. The average Bonchev–Trinajstić information content (AvgIpc) is 1.95. The summed E-state index contributed by atoms with van der Waals surface area (Å²) in [6, 6.07) is 0.575. The maximum Gasteiger partial charge on any atom is 0.0671 e.